The Bertz CT molecular complexity index is 850. The third-order valence-corrected chi connectivity index (χ3v) is 4.94. The van der Waals surface area contributed by atoms with E-state index in [0.29, 0.717) is 21.8 Å². The molecule has 2 aromatic carbocycles. The number of benzene rings is 2. The van der Waals surface area contributed by atoms with E-state index in [-0.39, 0.29) is 11.8 Å². The van der Waals surface area contributed by atoms with E-state index in [9.17, 15) is 9.59 Å². The number of nitrogens with one attached hydrogen (secondary N) is 1. The van der Waals surface area contributed by atoms with E-state index < -0.39 is 0 Å². The van der Waals surface area contributed by atoms with Crippen LogP contribution >= 0.6 is 11.6 Å². The van der Waals surface area contributed by atoms with Crippen LogP contribution in [0.3, 0.4) is 0 Å². The first-order valence-electron chi connectivity index (χ1n) is 8.41. The molecule has 1 heterocycles. The monoisotopic (exact) mass is 367 g/mol. The summed E-state index contributed by atoms with van der Waals surface area (Å²) < 4.78 is 0. The van der Waals surface area contributed by atoms with Gasteiger partial charge in [0.05, 0.1) is 22.3 Å². The van der Waals surface area contributed by atoms with Crippen LogP contribution in [0, 0.1) is 17.2 Å². The first kappa shape index (κ1) is 18.0. The van der Waals surface area contributed by atoms with Gasteiger partial charge in [-0.3, -0.25) is 9.59 Å². The molecule has 0 saturated carbocycles. The normalized spacial score (nSPS) is 14.5. The molecule has 0 aliphatic carbocycles. The first-order valence-corrected chi connectivity index (χ1v) is 8.79. The molecule has 0 aromatic heterocycles. The molecule has 1 aliphatic heterocycles. The number of nitriles is 1. The SMILES string of the molecule is N#Cc1ccc(Cl)c(NC(=O)C2CCN(c3ccc(C=O)cc3)CC2)c1. The highest BCUT2D eigenvalue weighted by Crippen LogP contribution is 2.27. The Morgan fingerprint density at radius 2 is 1.88 bits per heavy atom. The Kier molecular flexibility index (Phi) is 5.55. The lowest BCUT2D eigenvalue weighted by Crippen LogP contribution is -2.38. The van der Waals surface area contributed by atoms with Crippen molar-refractivity contribution in [3.05, 3.63) is 58.6 Å². The maximum atomic E-state index is 12.5. The maximum Gasteiger partial charge on any atom is 0.227 e. The molecule has 3 rings (SSSR count). The smallest absolute Gasteiger partial charge is 0.227 e. The van der Waals surface area contributed by atoms with Crippen molar-refractivity contribution in [2.75, 3.05) is 23.3 Å². The van der Waals surface area contributed by atoms with E-state index in [4.69, 9.17) is 16.9 Å². The number of carbonyl (C=O) groups is 2. The van der Waals surface area contributed by atoms with Crippen LogP contribution in [0.2, 0.25) is 5.02 Å². The third kappa shape index (κ3) is 4.04. The van der Waals surface area contributed by atoms with Crippen LogP contribution in [0.4, 0.5) is 11.4 Å². The molecule has 0 spiro atoms. The molecule has 132 valence electrons. The predicted molar refractivity (Wildman–Crippen MR) is 102 cm³/mol. The van der Waals surface area contributed by atoms with Crippen LogP contribution in [-0.2, 0) is 4.79 Å². The van der Waals surface area contributed by atoms with Gasteiger partial charge in [-0.1, -0.05) is 11.6 Å². The van der Waals surface area contributed by atoms with Gasteiger partial charge in [0.2, 0.25) is 5.91 Å². The summed E-state index contributed by atoms with van der Waals surface area (Å²) in [5.74, 6) is -0.166. The molecule has 0 unspecified atom stereocenters. The van der Waals surface area contributed by atoms with Crippen molar-refractivity contribution in [2.24, 2.45) is 5.92 Å². The Balaban J connectivity index is 1.60. The fourth-order valence-electron chi connectivity index (χ4n) is 3.09. The zero-order valence-electron chi connectivity index (χ0n) is 14.1. The Morgan fingerprint density at radius 1 is 1.19 bits per heavy atom. The van der Waals surface area contributed by atoms with Crippen LogP contribution in [-0.4, -0.2) is 25.3 Å². The molecule has 1 fully saturated rings. The molecular formula is C20H18ClN3O2. The molecule has 0 atom stereocenters. The van der Waals surface area contributed by atoms with E-state index in [1.54, 1.807) is 30.3 Å². The summed E-state index contributed by atoms with van der Waals surface area (Å²) in [6.07, 6.45) is 2.29. The van der Waals surface area contributed by atoms with Crippen molar-refractivity contribution >= 4 is 35.2 Å². The molecule has 0 bridgehead atoms. The summed E-state index contributed by atoms with van der Waals surface area (Å²) in [5, 5.41) is 12.2. The second-order valence-corrected chi connectivity index (χ2v) is 6.67. The number of aldehydes is 1. The van der Waals surface area contributed by atoms with Crippen molar-refractivity contribution in [1.82, 2.24) is 0 Å². The van der Waals surface area contributed by atoms with E-state index >= 15 is 0 Å². The lowest BCUT2D eigenvalue weighted by Gasteiger charge is -2.33. The van der Waals surface area contributed by atoms with Gasteiger partial charge in [0.15, 0.2) is 0 Å². The fraction of sp³-hybridized carbons (Fsp3) is 0.250. The molecule has 1 amide bonds. The van der Waals surface area contributed by atoms with Crippen LogP contribution in [0.5, 0.6) is 0 Å². The van der Waals surface area contributed by atoms with Gasteiger partial charge in [-0.2, -0.15) is 5.26 Å². The predicted octanol–water partition coefficient (Wildman–Crippen LogP) is 3.88. The largest absolute Gasteiger partial charge is 0.371 e. The minimum atomic E-state index is -0.0951. The minimum absolute atomic E-state index is 0.0713. The molecule has 2 aromatic rings. The molecule has 1 N–H and O–H groups in total. The summed E-state index contributed by atoms with van der Waals surface area (Å²) in [6.45, 7) is 1.54. The van der Waals surface area contributed by atoms with E-state index in [2.05, 4.69) is 10.2 Å². The fourth-order valence-corrected chi connectivity index (χ4v) is 3.25. The molecular weight excluding hydrogens is 350 g/mol. The van der Waals surface area contributed by atoms with Crippen molar-refractivity contribution in [3.63, 3.8) is 0 Å². The molecule has 1 aliphatic rings. The minimum Gasteiger partial charge on any atom is -0.371 e. The zero-order valence-corrected chi connectivity index (χ0v) is 14.9. The third-order valence-electron chi connectivity index (χ3n) is 4.61. The van der Waals surface area contributed by atoms with Gasteiger partial charge in [-0.15, -0.1) is 0 Å². The number of nitrogens with zero attached hydrogens (tertiary/aromatic N) is 2. The second kappa shape index (κ2) is 8.03. The Labute approximate surface area is 157 Å². The first-order chi connectivity index (χ1) is 12.6. The topological polar surface area (TPSA) is 73.2 Å². The van der Waals surface area contributed by atoms with Crippen molar-refractivity contribution in [3.8, 4) is 6.07 Å². The number of piperidine rings is 1. The number of halogens is 1. The number of carbonyl (C=O) groups excluding carboxylic acids is 2. The standard InChI is InChI=1S/C20H18ClN3O2/c21-18-6-3-15(12-22)11-19(18)23-20(26)16-7-9-24(10-8-16)17-4-1-14(13-25)2-5-17/h1-6,11,13,16H,7-10H2,(H,23,26). The number of hydrogen-bond acceptors (Lipinski definition) is 4. The van der Waals surface area contributed by atoms with Gasteiger partial charge in [0.1, 0.15) is 6.29 Å². The van der Waals surface area contributed by atoms with Crippen molar-refractivity contribution < 1.29 is 9.59 Å². The highest BCUT2D eigenvalue weighted by Gasteiger charge is 2.25. The average molecular weight is 368 g/mol. The number of rotatable bonds is 4. The quantitative estimate of drug-likeness (QED) is 0.832. The molecule has 5 nitrogen and oxygen atoms in total. The van der Waals surface area contributed by atoms with Gasteiger partial charge in [0.25, 0.3) is 0 Å². The van der Waals surface area contributed by atoms with E-state index in [1.165, 1.54) is 0 Å². The average Bonchev–Trinajstić information content (AvgIpc) is 2.70. The second-order valence-electron chi connectivity index (χ2n) is 6.27. The Morgan fingerprint density at radius 3 is 2.50 bits per heavy atom. The lowest BCUT2D eigenvalue weighted by atomic mass is 9.95. The lowest BCUT2D eigenvalue weighted by molar-refractivity contribution is -0.120. The molecule has 1 saturated heterocycles. The van der Waals surface area contributed by atoms with Gasteiger partial charge in [0, 0.05) is 30.3 Å². The van der Waals surface area contributed by atoms with Crippen molar-refractivity contribution in [2.45, 2.75) is 12.8 Å². The maximum absolute atomic E-state index is 12.5. The summed E-state index contributed by atoms with van der Waals surface area (Å²) in [4.78, 5) is 25.5. The molecule has 26 heavy (non-hydrogen) atoms. The Hall–Kier alpha value is -2.84. The van der Waals surface area contributed by atoms with Gasteiger partial charge in [-0.05, 0) is 55.3 Å². The number of hydrogen-bond donors (Lipinski definition) is 1. The molecule has 6 heteroatoms. The number of anilines is 2. The van der Waals surface area contributed by atoms with Crippen LogP contribution in [0.15, 0.2) is 42.5 Å². The van der Waals surface area contributed by atoms with Crippen LogP contribution < -0.4 is 10.2 Å². The van der Waals surface area contributed by atoms with Gasteiger partial charge < -0.3 is 10.2 Å². The van der Waals surface area contributed by atoms with Gasteiger partial charge >= 0.3 is 0 Å². The summed E-state index contributed by atoms with van der Waals surface area (Å²) in [5.41, 5.74) is 2.64. The van der Waals surface area contributed by atoms with Crippen molar-refractivity contribution in [1.29, 1.82) is 5.26 Å². The van der Waals surface area contributed by atoms with Crippen LogP contribution in [0.1, 0.15) is 28.8 Å². The highest BCUT2D eigenvalue weighted by atomic mass is 35.5. The zero-order chi connectivity index (χ0) is 18.5. The highest BCUT2D eigenvalue weighted by molar-refractivity contribution is 6.33. The van der Waals surface area contributed by atoms with E-state index in [1.807, 2.05) is 18.2 Å². The summed E-state index contributed by atoms with van der Waals surface area (Å²) >= 11 is 6.11. The van der Waals surface area contributed by atoms with Crippen LogP contribution in [0.25, 0.3) is 0 Å². The summed E-state index contributed by atoms with van der Waals surface area (Å²) in [6, 6.07) is 14.3. The van der Waals surface area contributed by atoms with Gasteiger partial charge in [-0.25, -0.2) is 0 Å². The molecule has 0 radical (unpaired) electrons. The number of amides is 1. The summed E-state index contributed by atoms with van der Waals surface area (Å²) in [7, 11) is 0. The van der Waals surface area contributed by atoms with E-state index in [0.717, 1.165) is 37.9 Å².